The van der Waals surface area contributed by atoms with Crippen molar-refractivity contribution in [1.29, 1.82) is 0 Å². The van der Waals surface area contributed by atoms with Gasteiger partial charge >= 0.3 is 11.9 Å². The smallest absolute Gasteiger partial charge is 0.331 e. The Labute approximate surface area is 344 Å². The number of carboxylic acid groups (broad SMARTS) is 1. The Bertz CT molecular complexity index is 1570. The molecule has 0 aromatic heterocycles. The second-order valence-electron chi connectivity index (χ2n) is 16.6. The second kappa shape index (κ2) is 22.8. The average Bonchev–Trinajstić information content (AvgIpc) is 3.54. The largest absolute Gasteiger partial charge is 0.481 e. The lowest BCUT2D eigenvalue weighted by molar-refractivity contribution is -0.175. The number of esters is 1. The van der Waals surface area contributed by atoms with Crippen molar-refractivity contribution in [3.63, 3.8) is 0 Å². The third-order valence-electron chi connectivity index (χ3n) is 12.0. The van der Waals surface area contributed by atoms with E-state index < -0.39 is 48.6 Å². The van der Waals surface area contributed by atoms with Crippen LogP contribution in [0.5, 0.6) is 0 Å². The van der Waals surface area contributed by atoms with E-state index in [2.05, 4.69) is 32.1 Å². The number of aliphatic hydroxyl groups is 3. The maximum Gasteiger partial charge on any atom is 0.331 e. The maximum atomic E-state index is 13.0. The fourth-order valence-corrected chi connectivity index (χ4v) is 8.38. The zero-order valence-corrected chi connectivity index (χ0v) is 34.5. The normalized spacial score (nSPS) is 40.6. The topological polar surface area (TPSA) is 161 Å². The Hall–Kier alpha value is -3.42. The van der Waals surface area contributed by atoms with E-state index in [-0.39, 0.29) is 67.2 Å². The molecule has 6 aliphatic heterocycles. The van der Waals surface area contributed by atoms with Crippen LogP contribution in [0, 0.1) is 17.8 Å². The first kappa shape index (κ1) is 45.7. The number of aliphatic carboxylic acids is 1. The monoisotopic (exact) mass is 806 g/mol. The molecule has 7 bridgehead atoms. The Balaban J connectivity index is 1.29. The molecule has 4 N–H and O–H groups in total. The van der Waals surface area contributed by atoms with E-state index in [9.17, 15) is 24.9 Å². The lowest BCUT2D eigenvalue weighted by Gasteiger charge is -2.40. The van der Waals surface area contributed by atoms with Crippen LogP contribution in [0.3, 0.4) is 0 Å². The van der Waals surface area contributed by atoms with E-state index in [1.54, 1.807) is 18.2 Å². The van der Waals surface area contributed by atoms with Gasteiger partial charge in [0, 0.05) is 37.2 Å². The van der Waals surface area contributed by atoms with E-state index in [1.807, 2.05) is 62.5 Å². The first-order chi connectivity index (χ1) is 27.9. The van der Waals surface area contributed by atoms with Gasteiger partial charge in [-0.2, -0.15) is 0 Å². The van der Waals surface area contributed by atoms with E-state index in [0.29, 0.717) is 25.7 Å². The predicted octanol–water partition coefficient (Wildman–Crippen LogP) is 6.80. The predicted molar refractivity (Wildman–Crippen MR) is 222 cm³/mol. The summed E-state index contributed by atoms with van der Waals surface area (Å²) in [5.41, 5.74) is 0.945. The molecular weight excluding hydrogens is 741 g/mol. The molecule has 3 saturated heterocycles. The molecule has 0 radical (unpaired) electrons. The van der Waals surface area contributed by atoms with Crippen molar-refractivity contribution < 1.29 is 53.7 Å². The van der Waals surface area contributed by atoms with Crippen LogP contribution >= 0.6 is 0 Å². The van der Waals surface area contributed by atoms with Crippen LogP contribution in [-0.2, 0) is 33.3 Å². The van der Waals surface area contributed by atoms with E-state index in [4.69, 9.17) is 28.8 Å². The number of hydrogen-bond donors (Lipinski definition) is 4. The molecule has 320 valence electrons. The third-order valence-corrected chi connectivity index (χ3v) is 12.0. The summed E-state index contributed by atoms with van der Waals surface area (Å²) in [4.78, 5) is 23.9. The van der Waals surface area contributed by atoms with Gasteiger partial charge in [-0.1, -0.05) is 106 Å². The van der Waals surface area contributed by atoms with Crippen LogP contribution in [0.2, 0.25) is 0 Å². The molecular formula is C47H66O11. The number of carbonyl (C=O) groups is 2. The molecule has 58 heavy (non-hydrogen) atoms. The summed E-state index contributed by atoms with van der Waals surface area (Å²) < 4.78 is 31.5. The van der Waals surface area contributed by atoms with Crippen molar-refractivity contribution in [2.24, 2.45) is 17.8 Å². The average molecular weight is 807 g/mol. The number of fused-ring (bicyclic) bond motifs is 13. The number of carbonyl (C=O) groups excluding carboxylic acids is 1. The number of allylic oxidation sites excluding steroid dienone is 7. The molecule has 6 heterocycles. The van der Waals surface area contributed by atoms with E-state index >= 15 is 0 Å². The third kappa shape index (κ3) is 13.6. The standard InChI is InChI=1S/C47H66O11/c1-30(17-14-15-23-44(50)51)27-31(2)47-40-26-25-34(54-47)18-10-6-5-7-11-19-35(48)46(53)43-28-36(49)32(3)37(56-43)21-16-22-38-33(4)41-29-42(55-38)39(57-41)20-12-8-9-13-24-45(52)58-40/h6,8-13,16,19-20,22,24-27,30,32-43,46-49,53H,5,7,14-15,17-18,21,23,28-29H2,1-4H3,(H,50,51)/b9-8?,10-6+,19-11+,20-12?,22-16+,24-13-,31-27+/t30-,32+,33+,34+,35+,36+,37-,38-,39+,40+,41-,42+,43-,46+,47-/m0/s1. The number of carboxylic acids is 1. The van der Waals surface area contributed by atoms with Crippen LogP contribution in [0.1, 0.15) is 91.9 Å². The number of aliphatic hydroxyl groups excluding tert-OH is 3. The van der Waals surface area contributed by atoms with Gasteiger partial charge in [0.25, 0.3) is 0 Å². The van der Waals surface area contributed by atoms with Crippen molar-refractivity contribution in [3.8, 4) is 0 Å². The van der Waals surface area contributed by atoms with Crippen LogP contribution in [0.15, 0.2) is 96.7 Å². The summed E-state index contributed by atoms with van der Waals surface area (Å²) in [7, 11) is 0. The number of rotatable bonds is 7. The first-order valence-corrected chi connectivity index (χ1v) is 21.3. The highest BCUT2D eigenvalue weighted by molar-refractivity contribution is 5.82. The molecule has 0 saturated carbocycles. The van der Waals surface area contributed by atoms with Gasteiger partial charge in [-0.3, -0.25) is 4.79 Å². The summed E-state index contributed by atoms with van der Waals surface area (Å²) in [5.74, 6) is -1.09. The van der Waals surface area contributed by atoms with Crippen LogP contribution in [0.25, 0.3) is 0 Å². The maximum absolute atomic E-state index is 13.0. The van der Waals surface area contributed by atoms with E-state index in [1.165, 1.54) is 6.08 Å². The second-order valence-corrected chi connectivity index (χ2v) is 16.6. The fraction of sp³-hybridized carbons (Fsp3) is 0.617. The van der Waals surface area contributed by atoms with Crippen molar-refractivity contribution in [1.82, 2.24) is 0 Å². The van der Waals surface area contributed by atoms with Crippen molar-refractivity contribution in [2.75, 3.05) is 0 Å². The van der Waals surface area contributed by atoms with Crippen molar-refractivity contribution in [2.45, 2.75) is 165 Å². The molecule has 0 aromatic carbocycles. The van der Waals surface area contributed by atoms with Gasteiger partial charge in [0.1, 0.15) is 24.4 Å². The van der Waals surface area contributed by atoms with Crippen LogP contribution < -0.4 is 0 Å². The summed E-state index contributed by atoms with van der Waals surface area (Å²) in [6.07, 6.45) is 28.3. The number of hydrogen-bond acceptors (Lipinski definition) is 10. The molecule has 3 fully saturated rings. The SMILES string of the molecule is C/C(=C\[C@@H](C)CCCCC(=O)O)[C@@H]1O[C@H]2C=C[C@H]1OC(=O)/C=C\C=CC=C[C@H]1O[C@H]3C[C@H]1O[C@@H](/C=C/C[C@@H]1O[C@@H](C[C@@H](O)[C@H]1C)[C@H](O)[C@H](O)/C=C/CC/C=C/C2)[C@H]3C. The highest BCUT2D eigenvalue weighted by Gasteiger charge is 2.45. The lowest BCUT2D eigenvalue weighted by atomic mass is 9.85. The van der Waals surface area contributed by atoms with Gasteiger partial charge in [-0.15, -0.1) is 0 Å². The minimum absolute atomic E-state index is 0.0508. The van der Waals surface area contributed by atoms with Crippen LogP contribution in [-0.4, -0.2) is 106 Å². The van der Waals surface area contributed by atoms with Gasteiger partial charge in [0.2, 0.25) is 0 Å². The zero-order valence-electron chi connectivity index (χ0n) is 34.5. The number of unbranched alkanes of at least 4 members (excludes halogenated alkanes) is 1. The molecule has 11 nitrogen and oxygen atoms in total. The lowest BCUT2D eigenvalue weighted by Crippen LogP contribution is -2.50. The first-order valence-electron chi connectivity index (χ1n) is 21.3. The molecule has 11 heteroatoms. The highest BCUT2D eigenvalue weighted by atomic mass is 16.6. The summed E-state index contributed by atoms with van der Waals surface area (Å²) in [6.45, 7) is 8.15. The van der Waals surface area contributed by atoms with E-state index in [0.717, 1.165) is 31.3 Å². The van der Waals surface area contributed by atoms with Gasteiger partial charge in [-0.05, 0) is 63.0 Å². The van der Waals surface area contributed by atoms with Gasteiger partial charge < -0.3 is 44.1 Å². The van der Waals surface area contributed by atoms with Crippen molar-refractivity contribution in [3.05, 3.63) is 96.7 Å². The fourth-order valence-electron chi connectivity index (χ4n) is 8.38. The minimum atomic E-state index is -1.18. The minimum Gasteiger partial charge on any atom is -0.481 e. The molecule has 15 atom stereocenters. The Morgan fingerprint density at radius 3 is 2.34 bits per heavy atom. The Morgan fingerprint density at radius 2 is 1.53 bits per heavy atom. The van der Waals surface area contributed by atoms with Crippen LogP contribution in [0.4, 0.5) is 0 Å². The molecule has 0 aliphatic carbocycles. The summed E-state index contributed by atoms with van der Waals surface area (Å²) in [6, 6.07) is 0. The molecule has 6 rings (SSSR count). The van der Waals surface area contributed by atoms with Crippen molar-refractivity contribution >= 4 is 11.9 Å². The quantitative estimate of drug-likeness (QED) is 0.122. The van der Waals surface area contributed by atoms with Gasteiger partial charge in [0.15, 0.2) is 6.10 Å². The molecule has 6 aliphatic rings. The summed E-state index contributed by atoms with van der Waals surface area (Å²) >= 11 is 0. The molecule has 0 unspecified atom stereocenters. The van der Waals surface area contributed by atoms with Gasteiger partial charge in [-0.25, -0.2) is 4.79 Å². The van der Waals surface area contributed by atoms with Gasteiger partial charge in [0.05, 0.1) is 42.7 Å². The Kier molecular flexibility index (Phi) is 18.0. The molecule has 0 spiro atoms. The molecule has 0 aromatic rings. The molecule has 0 amide bonds. The zero-order chi connectivity index (χ0) is 41.6. The highest BCUT2D eigenvalue weighted by Crippen LogP contribution is 2.38. The summed E-state index contributed by atoms with van der Waals surface area (Å²) in [5, 5.41) is 41.7. The Morgan fingerprint density at radius 1 is 0.759 bits per heavy atom. The number of ether oxygens (including phenoxy) is 5.